The largest absolute Gasteiger partial charge is 0.507 e. The molecule has 2 rings (SSSR count). The number of benzene rings is 1. The van der Waals surface area contributed by atoms with Gasteiger partial charge in [0, 0.05) is 23.1 Å². The second-order valence-electron chi connectivity index (χ2n) is 6.07. The molecule has 5 heteroatoms. The first-order chi connectivity index (χ1) is 9.76. The Morgan fingerprint density at radius 3 is 2.62 bits per heavy atom. The van der Waals surface area contributed by atoms with Crippen LogP contribution in [0.4, 0.5) is 4.79 Å². The van der Waals surface area contributed by atoms with E-state index in [-0.39, 0.29) is 11.8 Å². The molecule has 0 radical (unpaired) electrons. The van der Waals surface area contributed by atoms with Crippen LogP contribution in [0.2, 0.25) is 0 Å². The van der Waals surface area contributed by atoms with Gasteiger partial charge in [-0.2, -0.15) is 0 Å². The quantitative estimate of drug-likeness (QED) is 0.823. The van der Waals surface area contributed by atoms with E-state index in [4.69, 9.17) is 4.74 Å². The predicted molar refractivity (Wildman–Crippen MR) is 86.2 cm³/mol. The lowest BCUT2D eigenvalue weighted by atomic mass is 9.99. The summed E-state index contributed by atoms with van der Waals surface area (Å²) < 4.78 is 6.20. The third-order valence-electron chi connectivity index (χ3n) is 3.17. The van der Waals surface area contributed by atoms with Gasteiger partial charge in [-0.1, -0.05) is 22.0 Å². The number of phenols is 1. The number of carbonyl (C=O) groups is 1. The van der Waals surface area contributed by atoms with Crippen LogP contribution in [-0.4, -0.2) is 34.8 Å². The van der Waals surface area contributed by atoms with Gasteiger partial charge in [0.2, 0.25) is 0 Å². The van der Waals surface area contributed by atoms with E-state index < -0.39 is 5.60 Å². The lowest BCUT2D eigenvalue weighted by Crippen LogP contribution is -2.39. The third-order valence-corrected chi connectivity index (χ3v) is 3.66. The molecule has 21 heavy (non-hydrogen) atoms. The van der Waals surface area contributed by atoms with Gasteiger partial charge in [0.1, 0.15) is 11.4 Å². The maximum atomic E-state index is 12.0. The van der Waals surface area contributed by atoms with Crippen molar-refractivity contribution >= 4 is 27.6 Å². The summed E-state index contributed by atoms with van der Waals surface area (Å²) in [6.45, 7) is 6.66. The van der Waals surface area contributed by atoms with Crippen LogP contribution in [0.25, 0.3) is 5.57 Å². The average Bonchev–Trinajstić information content (AvgIpc) is 2.37. The van der Waals surface area contributed by atoms with Crippen molar-refractivity contribution < 1.29 is 14.6 Å². The number of hydrogen-bond donors (Lipinski definition) is 1. The molecule has 0 bridgehead atoms. The fourth-order valence-corrected chi connectivity index (χ4v) is 2.53. The van der Waals surface area contributed by atoms with Crippen LogP contribution < -0.4 is 0 Å². The van der Waals surface area contributed by atoms with Gasteiger partial charge < -0.3 is 14.7 Å². The van der Waals surface area contributed by atoms with Crippen LogP contribution in [0.15, 0.2) is 28.7 Å². The van der Waals surface area contributed by atoms with Gasteiger partial charge in [0.05, 0.1) is 0 Å². The van der Waals surface area contributed by atoms with E-state index in [1.807, 2.05) is 39.0 Å². The lowest BCUT2D eigenvalue weighted by molar-refractivity contribution is 0.0270. The number of rotatable bonds is 1. The highest BCUT2D eigenvalue weighted by Gasteiger charge is 2.24. The maximum absolute atomic E-state index is 12.0. The first kappa shape index (κ1) is 15.9. The highest BCUT2D eigenvalue weighted by molar-refractivity contribution is 9.10. The number of phenolic OH excluding ortho intramolecular Hbond substituents is 1. The first-order valence-electron chi connectivity index (χ1n) is 6.92. The molecule has 1 aromatic rings. The number of halogens is 1. The monoisotopic (exact) mass is 353 g/mol. The molecule has 1 aliphatic rings. The summed E-state index contributed by atoms with van der Waals surface area (Å²) in [5.74, 6) is 0.251. The molecule has 1 aromatic carbocycles. The predicted octanol–water partition coefficient (Wildman–Crippen LogP) is 4.18. The van der Waals surface area contributed by atoms with Gasteiger partial charge >= 0.3 is 6.09 Å². The van der Waals surface area contributed by atoms with Crippen molar-refractivity contribution in [2.75, 3.05) is 13.1 Å². The molecule has 0 saturated heterocycles. The minimum atomic E-state index is -0.481. The molecule has 0 saturated carbocycles. The summed E-state index contributed by atoms with van der Waals surface area (Å²) in [6.07, 6.45) is 2.38. The normalized spacial score (nSPS) is 15.6. The second kappa shape index (κ2) is 6.10. The number of amides is 1. The Labute approximate surface area is 133 Å². The summed E-state index contributed by atoms with van der Waals surface area (Å²) in [5, 5.41) is 10.00. The summed E-state index contributed by atoms with van der Waals surface area (Å²) >= 11 is 3.33. The van der Waals surface area contributed by atoms with Crippen LogP contribution in [0.3, 0.4) is 0 Å². The summed E-state index contributed by atoms with van der Waals surface area (Å²) in [6, 6.07) is 5.46. The van der Waals surface area contributed by atoms with Crippen LogP contribution in [0.5, 0.6) is 5.75 Å². The van der Waals surface area contributed by atoms with Gasteiger partial charge in [-0.3, -0.25) is 0 Å². The van der Waals surface area contributed by atoms with Gasteiger partial charge in [-0.15, -0.1) is 0 Å². The molecule has 0 atom stereocenters. The van der Waals surface area contributed by atoms with Gasteiger partial charge in [-0.25, -0.2) is 4.79 Å². The minimum absolute atomic E-state index is 0.251. The molecule has 1 amide bonds. The molecular formula is C16H20BrNO3. The Morgan fingerprint density at radius 1 is 1.38 bits per heavy atom. The topological polar surface area (TPSA) is 49.8 Å². The van der Waals surface area contributed by atoms with Crippen molar-refractivity contribution in [1.82, 2.24) is 4.90 Å². The van der Waals surface area contributed by atoms with Crippen molar-refractivity contribution in [3.8, 4) is 5.75 Å². The van der Waals surface area contributed by atoms with Crippen LogP contribution in [0.1, 0.15) is 32.8 Å². The highest BCUT2D eigenvalue weighted by atomic mass is 79.9. The molecule has 0 aliphatic carbocycles. The zero-order valence-electron chi connectivity index (χ0n) is 12.5. The van der Waals surface area contributed by atoms with Gasteiger partial charge in [0.15, 0.2) is 0 Å². The maximum Gasteiger partial charge on any atom is 0.410 e. The Hall–Kier alpha value is -1.49. The number of aromatic hydroxyl groups is 1. The molecule has 114 valence electrons. The molecule has 1 N–H and O–H groups in total. The average molecular weight is 354 g/mol. The zero-order chi connectivity index (χ0) is 15.6. The second-order valence-corrected chi connectivity index (χ2v) is 6.98. The van der Waals surface area contributed by atoms with E-state index in [9.17, 15) is 9.90 Å². The molecule has 0 spiro atoms. The molecule has 1 aliphatic heterocycles. The fraction of sp³-hybridized carbons (Fsp3) is 0.438. The smallest absolute Gasteiger partial charge is 0.410 e. The van der Waals surface area contributed by atoms with E-state index in [2.05, 4.69) is 15.9 Å². The SMILES string of the molecule is CC(C)(C)OC(=O)N1CC=C(c2ccc(Br)cc2O)CC1. The first-order valence-corrected chi connectivity index (χ1v) is 7.71. The zero-order valence-corrected chi connectivity index (χ0v) is 14.1. The Morgan fingerprint density at radius 2 is 2.10 bits per heavy atom. The number of hydrogen-bond acceptors (Lipinski definition) is 3. The Bertz CT molecular complexity index is 575. The molecule has 1 heterocycles. The standard InChI is InChI=1S/C16H20BrNO3/c1-16(2,3)21-15(20)18-8-6-11(7-9-18)13-5-4-12(17)10-14(13)19/h4-6,10,19H,7-9H2,1-3H3. The third kappa shape index (κ3) is 4.24. The molecular weight excluding hydrogens is 334 g/mol. The van der Waals surface area contributed by atoms with E-state index in [0.717, 1.165) is 15.6 Å². The molecule has 0 aromatic heterocycles. The van der Waals surface area contributed by atoms with Crippen LogP contribution in [0, 0.1) is 0 Å². The summed E-state index contributed by atoms with van der Waals surface area (Å²) in [5.41, 5.74) is 1.40. The van der Waals surface area contributed by atoms with E-state index in [1.54, 1.807) is 11.0 Å². The van der Waals surface area contributed by atoms with Gasteiger partial charge in [0.25, 0.3) is 0 Å². The lowest BCUT2D eigenvalue weighted by Gasteiger charge is -2.29. The van der Waals surface area contributed by atoms with Gasteiger partial charge in [-0.05, 0) is 51.0 Å². The van der Waals surface area contributed by atoms with Crippen LogP contribution >= 0.6 is 15.9 Å². The molecule has 0 unspecified atom stereocenters. The van der Waals surface area contributed by atoms with E-state index in [1.165, 1.54) is 0 Å². The van der Waals surface area contributed by atoms with Crippen molar-refractivity contribution in [2.45, 2.75) is 32.8 Å². The Balaban J connectivity index is 2.07. The van der Waals surface area contributed by atoms with Crippen molar-refractivity contribution in [3.05, 3.63) is 34.3 Å². The summed E-state index contributed by atoms with van der Waals surface area (Å²) in [7, 11) is 0. The fourth-order valence-electron chi connectivity index (χ4n) is 2.18. The molecule has 4 nitrogen and oxygen atoms in total. The van der Waals surface area contributed by atoms with E-state index >= 15 is 0 Å². The van der Waals surface area contributed by atoms with Crippen LogP contribution in [-0.2, 0) is 4.74 Å². The number of carbonyl (C=O) groups excluding carboxylic acids is 1. The molecule has 0 fully saturated rings. The van der Waals surface area contributed by atoms with Crippen molar-refractivity contribution in [1.29, 1.82) is 0 Å². The number of ether oxygens (including phenoxy) is 1. The highest BCUT2D eigenvalue weighted by Crippen LogP contribution is 2.32. The minimum Gasteiger partial charge on any atom is -0.507 e. The van der Waals surface area contributed by atoms with Crippen molar-refractivity contribution in [2.24, 2.45) is 0 Å². The Kier molecular flexibility index (Phi) is 4.61. The summed E-state index contributed by atoms with van der Waals surface area (Å²) in [4.78, 5) is 13.7. The number of nitrogens with zero attached hydrogens (tertiary/aromatic N) is 1. The van der Waals surface area contributed by atoms with E-state index in [0.29, 0.717) is 19.5 Å². The van der Waals surface area contributed by atoms with Crippen molar-refractivity contribution in [3.63, 3.8) is 0 Å².